The van der Waals surface area contributed by atoms with Crippen molar-refractivity contribution in [3.63, 3.8) is 0 Å². The minimum absolute atomic E-state index is 0.174. The van der Waals surface area contributed by atoms with Crippen LogP contribution in [0.3, 0.4) is 0 Å². The first-order valence-corrected chi connectivity index (χ1v) is 5.35. The van der Waals surface area contributed by atoms with E-state index < -0.39 is 24.1 Å². The van der Waals surface area contributed by atoms with Gasteiger partial charge >= 0.3 is 5.97 Å². The number of benzene rings is 1. The molecule has 5 N–H and O–H groups in total. The molecule has 0 aromatic heterocycles. The van der Waals surface area contributed by atoms with Crippen LogP contribution in [0.4, 0.5) is 0 Å². The van der Waals surface area contributed by atoms with Gasteiger partial charge in [0.15, 0.2) is 0 Å². The van der Waals surface area contributed by atoms with Gasteiger partial charge in [-0.2, -0.15) is 0 Å². The Kier molecular flexibility index (Phi) is 4.82. The summed E-state index contributed by atoms with van der Waals surface area (Å²) in [6.07, 6.45) is -3.11. The number of nitrogens with two attached hydrogens (primary N) is 1. The fourth-order valence-electron chi connectivity index (χ4n) is 1.60. The van der Waals surface area contributed by atoms with E-state index in [0.29, 0.717) is 11.1 Å². The second kappa shape index (κ2) is 6.13. The molecule has 0 bridgehead atoms. The normalized spacial score (nSPS) is 13.9. The van der Waals surface area contributed by atoms with Gasteiger partial charge in [-0.1, -0.05) is 24.3 Å². The van der Waals surface area contributed by atoms with Crippen molar-refractivity contribution in [1.29, 1.82) is 0 Å². The molecule has 1 aromatic rings. The molecule has 0 saturated carbocycles. The lowest BCUT2D eigenvalue weighted by atomic mass is 9.99. The van der Waals surface area contributed by atoms with Crippen LogP contribution in [0, 0.1) is 0 Å². The van der Waals surface area contributed by atoms with Gasteiger partial charge in [0.1, 0.15) is 6.10 Å². The summed E-state index contributed by atoms with van der Waals surface area (Å²) >= 11 is 0. The van der Waals surface area contributed by atoms with Crippen molar-refractivity contribution in [2.75, 3.05) is 0 Å². The second-order valence-electron chi connectivity index (χ2n) is 4.00. The summed E-state index contributed by atoms with van der Waals surface area (Å²) in [6, 6.07) is 6.20. The number of carboxylic acid groups (broad SMARTS) is 1. The quantitative estimate of drug-likeness (QED) is 0.549. The standard InChI is InChI=1S/C12H15NO5/c13-10(15)6-9(14)12(18)8-3-1-2-7(4-8)5-11(16)17/h1-4,9,12,14,18H,5-6H2,(H2,13,15)(H,16,17). The zero-order chi connectivity index (χ0) is 13.7. The largest absolute Gasteiger partial charge is 0.481 e. The number of amides is 1. The van der Waals surface area contributed by atoms with Crippen LogP contribution in [0.2, 0.25) is 0 Å². The molecule has 0 saturated heterocycles. The number of carboxylic acids is 1. The molecule has 6 nitrogen and oxygen atoms in total. The van der Waals surface area contributed by atoms with Crippen LogP contribution in [0.1, 0.15) is 23.7 Å². The number of hydrogen-bond acceptors (Lipinski definition) is 4. The highest BCUT2D eigenvalue weighted by atomic mass is 16.4. The van der Waals surface area contributed by atoms with Crippen LogP contribution in [0.15, 0.2) is 24.3 Å². The van der Waals surface area contributed by atoms with Gasteiger partial charge in [-0.25, -0.2) is 0 Å². The van der Waals surface area contributed by atoms with E-state index in [1.165, 1.54) is 6.07 Å². The molecule has 98 valence electrons. The smallest absolute Gasteiger partial charge is 0.307 e. The molecule has 0 heterocycles. The van der Waals surface area contributed by atoms with E-state index >= 15 is 0 Å². The Morgan fingerprint density at radius 2 is 1.94 bits per heavy atom. The van der Waals surface area contributed by atoms with E-state index in [2.05, 4.69) is 0 Å². The van der Waals surface area contributed by atoms with Crippen LogP contribution in [-0.2, 0) is 16.0 Å². The van der Waals surface area contributed by atoms with Crippen molar-refractivity contribution in [3.8, 4) is 0 Å². The zero-order valence-corrected chi connectivity index (χ0v) is 9.61. The molecule has 0 radical (unpaired) electrons. The maximum Gasteiger partial charge on any atom is 0.307 e. The Labute approximate surface area is 104 Å². The molecule has 6 heteroatoms. The Bertz CT molecular complexity index is 446. The van der Waals surface area contributed by atoms with Gasteiger partial charge in [0.05, 0.1) is 18.9 Å². The third-order valence-corrected chi connectivity index (χ3v) is 2.42. The summed E-state index contributed by atoms with van der Waals surface area (Å²) in [7, 11) is 0. The van der Waals surface area contributed by atoms with E-state index in [-0.39, 0.29) is 12.8 Å². The van der Waals surface area contributed by atoms with E-state index in [4.69, 9.17) is 10.8 Å². The predicted octanol–water partition coefficient (Wildman–Crippen LogP) is -0.417. The number of carbonyl (C=O) groups excluding carboxylic acids is 1. The highest BCUT2D eigenvalue weighted by Gasteiger charge is 2.20. The van der Waals surface area contributed by atoms with Crippen molar-refractivity contribution >= 4 is 11.9 Å². The number of rotatable bonds is 6. The van der Waals surface area contributed by atoms with Gasteiger partial charge in [-0.15, -0.1) is 0 Å². The molecule has 18 heavy (non-hydrogen) atoms. The van der Waals surface area contributed by atoms with Crippen molar-refractivity contribution in [1.82, 2.24) is 0 Å². The van der Waals surface area contributed by atoms with Gasteiger partial charge in [-0.3, -0.25) is 9.59 Å². The Morgan fingerprint density at radius 1 is 1.28 bits per heavy atom. The zero-order valence-electron chi connectivity index (χ0n) is 9.61. The number of hydrogen-bond donors (Lipinski definition) is 4. The SMILES string of the molecule is NC(=O)CC(O)C(O)c1cccc(CC(=O)O)c1. The summed E-state index contributed by atoms with van der Waals surface area (Å²) in [5, 5.41) is 28.0. The molecule has 1 aromatic carbocycles. The average molecular weight is 253 g/mol. The summed E-state index contributed by atoms with van der Waals surface area (Å²) < 4.78 is 0. The second-order valence-corrected chi connectivity index (χ2v) is 4.00. The fourth-order valence-corrected chi connectivity index (χ4v) is 1.60. The first kappa shape index (κ1) is 14.1. The lowest BCUT2D eigenvalue weighted by Crippen LogP contribution is -2.25. The average Bonchev–Trinajstić information content (AvgIpc) is 2.26. The van der Waals surface area contributed by atoms with Gasteiger partial charge in [0, 0.05) is 0 Å². The molecule has 0 aliphatic heterocycles. The maximum atomic E-state index is 10.6. The van der Waals surface area contributed by atoms with Crippen molar-refractivity contribution in [2.45, 2.75) is 25.0 Å². The van der Waals surface area contributed by atoms with Gasteiger partial charge in [0.2, 0.25) is 5.91 Å². The van der Waals surface area contributed by atoms with Gasteiger partial charge in [0.25, 0.3) is 0 Å². The number of aliphatic hydroxyl groups excluding tert-OH is 2. The lowest BCUT2D eigenvalue weighted by molar-refractivity contribution is -0.136. The third-order valence-electron chi connectivity index (χ3n) is 2.42. The summed E-state index contributed by atoms with van der Waals surface area (Å²) in [5.74, 6) is -1.71. The first-order valence-electron chi connectivity index (χ1n) is 5.35. The van der Waals surface area contributed by atoms with E-state index in [1.54, 1.807) is 18.2 Å². The van der Waals surface area contributed by atoms with E-state index in [9.17, 15) is 19.8 Å². The van der Waals surface area contributed by atoms with Crippen LogP contribution in [0.25, 0.3) is 0 Å². The lowest BCUT2D eigenvalue weighted by Gasteiger charge is -2.17. The summed E-state index contributed by atoms with van der Waals surface area (Å²) in [5.41, 5.74) is 5.77. The fraction of sp³-hybridized carbons (Fsp3) is 0.333. The van der Waals surface area contributed by atoms with Gasteiger partial charge in [-0.05, 0) is 11.1 Å². The molecule has 2 unspecified atom stereocenters. The molecule has 0 fully saturated rings. The number of aliphatic carboxylic acids is 1. The molecule has 0 aliphatic carbocycles. The minimum Gasteiger partial charge on any atom is -0.481 e. The highest BCUT2D eigenvalue weighted by Crippen LogP contribution is 2.20. The number of aliphatic hydroxyl groups is 2. The van der Waals surface area contributed by atoms with Crippen molar-refractivity contribution < 1.29 is 24.9 Å². The molecule has 0 spiro atoms. The summed E-state index contributed by atoms with van der Waals surface area (Å²) in [4.78, 5) is 21.2. The van der Waals surface area contributed by atoms with Crippen molar-refractivity contribution in [2.24, 2.45) is 5.73 Å². The minimum atomic E-state index is -1.30. The Hall–Kier alpha value is -1.92. The van der Waals surface area contributed by atoms with Gasteiger partial charge < -0.3 is 21.1 Å². The Morgan fingerprint density at radius 3 is 2.50 bits per heavy atom. The molecular weight excluding hydrogens is 238 g/mol. The molecule has 1 amide bonds. The highest BCUT2D eigenvalue weighted by molar-refractivity contribution is 5.74. The van der Waals surface area contributed by atoms with Crippen molar-refractivity contribution in [3.05, 3.63) is 35.4 Å². The maximum absolute atomic E-state index is 10.6. The molecule has 1 rings (SSSR count). The molecular formula is C12H15NO5. The summed E-state index contributed by atoms with van der Waals surface area (Å²) in [6.45, 7) is 0. The van der Waals surface area contributed by atoms with Crippen LogP contribution in [-0.4, -0.2) is 33.3 Å². The van der Waals surface area contributed by atoms with Crippen LogP contribution in [0.5, 0.6) is 0 Å². The Balaban J connectivity index is 2.82. The van der Waals surface area contributed by atoms with Crippen LogP contribution < -0.4 is 5.73 Å². The van der Waals surface area contributed by atoms with E-state index in [1.807, 2.05) is 0 Å². The van der Waals surface area contributed by atoms with Crippen LogP contribution >= 0.6 is 0 Å². The third kappa shape index (κ3) is 4.15. The molecule has 0 aliphatic rings. The molecule has 2 atom stereocenters. The topological polar surface area (TPSA) is 121 Å². The number of carbonyl (C=O) groups is 2. The number of primary amides is 1. The monoisotopic (exact) mass is 253 g/mol. The van der Waals surface area contributed by atoms with E-state index in [0.717, 1.165) is 0 Å². The first-order chi connectivity index (χ1) is 8.40. The predicted molar refractivity (Wildman–Crippen MR) is 62.6 cm³/mol.